The minimum absolute atomic E-state index is 0.0191. The molecule has 0 bridgehead atoms. The Labute approximate surface area is 110 Å². The fourth-order valence-corrected chi connectivity index (χ4v) is 1.84. The SMILES string of the molecule is Cc1cccc(Oc2ccccc2CN)c1[N+](=O)[O-]. The molecule has 2 aromatic rings. The Hall–Kier alpha value is -2.40. The Morgan fingerprint density at radius 3 is 2.53 bits per heavy atom. The first-order valence-corrected chi connectivity index (χ1v) is 5.83. The third kappa shape index (κ3) is 2.71. The first kappa shape index (κ1) is 13.0. The highest BCUT2D eigenvalue weighted by molar-refractivity contribution is 5.54. The summed E-state index contributed by atoms with van der Waals surface area (Å²) in [6.45, 7) is 2.00. The molecule has 5 heteroatoms. The molecule has 0 atom stereocenters. The summed E-state index contributed by atoms with van der Waals surface area (Å²) in [5.74, 6) is 0.768. The highest BCUT2D eigenvalue weighted by atomic mass is 16.6. The van der Waals surface area contributed by atoms with Gasteiger partial charge in [0.2, 0.25) is 5.75 Å². The second-order valence-corrected chi connectivity index (χ2v) is 4.09. The van der Waals surface area contributed by atoms with Crippen molar-refractivity contribution in [1.29, 1.82) is 0 Å². The molecule has 0 unspecified atom stereocenters. The van der Waals surface area contributed by atoms with Crippen LogP contribution in [0.5, 0.6) is 11.5 Å². The van der Waals surface area contributed by atoms with Crippen LogP contribution in [-0.2, 0) is 6.54 Å². The summed E-state index contributed by atoms with van der Waals surface area (Å²) in [6, 6.07) is 12.2. The van der Waals surface area contributed by atoms with Crippen LogP contribution in [0.4, 0.5) is 5.69 Å². The molecule has 5 nitrogen and oxygen atoms in total. The number of nitrogens with zero attached hydrogens (tertiary/aromatic N) is 1. The van der Waals surface area contributed by atoms with Gasteiger partial charge >= 0.3 is 5.69 Å². The van der Waals surface area contributed by atoms with Crippen molar-refractivity contribution in [3.8, 4) is 11.5 Å². The lowest BCUT2D eigenvalue weighted by atomic mass is 10.1. The average molecular weight is 258 g/mol. The predicted molar refractivity (Wildman–Crippen MR) is 72.2 cm³/mol. The first-order chi connectivity index (χ1) is 9.13. The molecule has 2 rings (SSSR count). The number of benzene rings is 2. The lowest BCUT2D eigenvalue weighted by Gasteiger charge is -2.10. The van der Waals surface area contributed by atoms with E-state index in [0.717, 1.165) is 5.56 Å². The van der Waals surface area contributed by atoms with Crippen LogP contribution in [0, 0.1) is 17.0 Å². The van der Waals surface area contributed by atoms with E-state index in [2.05, 4.69) is 0 Å². The molecule has 98 valence electrons. The van der Waals surface area contributed by atoms with Crippen LogP contribution in [0.3, 0.4) is 0 Å². The first-order valence-electron chi connectivity index (χ1n) is 5.83. The van der Waals surface area contributed by atoms with Crippen molar-refractivity contribution >= 4 is 5.69 Å². The van der Waals surface area contributed by atoms with E-state index in [0.29, 0.717) is 17.9 Å². The molecule has 0 spiro atoms. The summed E-state index contributed by atoms with van der Waals surface area (Å²) >= 11 is 0. The van der Waals surface area contributed by atoms with E-state index in [4.69, 9.17) is 10.5 Å². The summed E-state index contributed by atoms with van der Waals surface area (Å²) in [5, 5.41) is 11.1. The highest BCUT2D eigenvalue weighted by Crippen LogP contribution is 2.34. The minimum Gasteiger partial charge on any atom is -0.450 e. The van der Waals surface area contributed by atoms with Crippen molar-refractivity contribution in [2.75, 3.05) is 0 Å². The van der Waals surface area contributed by atoms with Crippen LogP contribution in [0.25, 0.3) is 0 Å². The van der Waals surface area contributed by atoms with Gasteiger partial charge in [0.05, 0.1) is 4.92 Å². The molecule has 19 heavy (non-hydrogen) atoms. The van der Waals surface area contributed by atoms with Crippen LogP contribution < -0.4 is 10.5 Å². The molecule has 0 heterocycles. The zero-order chi connectivity index (χ0) is 13.8. The number of para-hydroxylation sites is 2. The Bertz CT molecular complexity index is 611. The Morgan fingerprint density at radius 1 is 1.16 bits per heavy atom. The number of hydrogen-bond acceptors (Lipinski definition) is 4. The van der Waals surface area contributed by atoms with Gasteiger partial charge in [-0.3, -0.25) is 10.1 Å². The van der Waals surface area contributed by atoms with Gasteiger partial charge in [-0.1, -0.05) is 30.3 Å². The van der Waals surface area contributed by atoms with Crippen molar-refractivity contribution < 1.29 is 9.66 Å². The van der Waals surface area contributed by atoms with E-state index < -0.39 is 4.92 Å². The molecule has 0 aliphatic heterocycles. The molecule has 0 aromatic heterocycles. The summed E-state index contributed by atoms with van der Waals surface area (Å²) in [6.07, 6.45) is 0. The van der Waals surface area contributed by atoms with Gasteiger partial charge in [0.15, 0.2) is 0 Å². The van der Waals surface area contributed by atoms with E-state index >= 15 is 0 Å². The van der Waals surface area contributed by atoms with E-state index in [9.17, 15) is 10.1 Å². The van der Waals surface area contributed by atoms with E-state index in [1.165, 1.54) is 0 Å². The molecule has 2 aromatic carbocycles. The van der Waals surface area contributed by atoms with Gasteiger partial charge in [0.25, 0.3) is 0 Å². The summed E-state index contributed by atoms with van der Waals surface area (Å²) < 4.78 is 5.65. The second kappa shape index (κ2) is 5.49. The largest absolute Gasteiger partial charge is 0.450 e. The lowest BCUT2D eigenvalue weighted by Crippen LogP contribution is -2.01. The normalized spacial score (nSPS) is 10.2. The Morgan fingerprint density at radius 2 is 1.84 bits per heavy atom. The summed E-state index contributed by atoms with van der Waals surface area (Å²) in [5.41, 5.74) is 6.97. The smallest absolute Gasteiger partial charge is 0.314 e. The van der Waals surface area contributed by atoms with Crippen LogP contribution in [0.1, 0.15) is 11.1 Å². The van der Waals surface area contributed by atoms with Crippen LogP contribution >= 0.6 is 0 Å². The third-order valence-corrected chi connectivity index (χ3v) is 2.80. The fraction of sp³-hybridized carbons (Fsp3) is 0.143. The van der Waals surface area contributed by atoms with Crippen molar-refractivity contribution in [2.45, 2.75) is 13.5 Å². The van der Waals surface area contributed by atoms with E-state index in [1.54, 1.807) is 37.3 Å². The van der Waals surface area contributed by atoms with Crippen molar-refractivity contribution in [3.63, 3.8) is 0 Å². The number of nitro groups is 1. The predicted octanol–water partition coefficient (Wildman–Crippen LogP) is 3.15. The number of rotatable bonds is 4. The number of hydrogen-bond donors (Lipinski definition) is 1. The molecule has 0 aliphatic carbocycles. The number of nitrogens with two attached hydrogens (primary N) is 1. The maximum Gasteiger partial charge on any atom is 0.314 e. The van der Waals surface area contributed by atoms with Gasteiger partial charge < -0.3 is 10.5 Å². The Balaban J connectivity index is 2.44. The zero-order valence-electron chi connectivity index (χ0n) is 10.5. The number of nitro benzene ring substituents is 1. The molecule has 2 N–H and O–H groups in total. The van der Waals surface area contributed by atoms with Crippen molar-refractivity contribution in [2.24, 2.45) is 5.73 Å². The minimum atomic E-state index is -0.435. The highest BCUT2D eigenvalue weighted by Gasteiger charge is 2.19. The molecule has 0 saturated heterocycles. The van der Waals surface area contributed by atoms with Gasteiger partial charge in [-0.25, -0.2) is 0 Å². The third-order valence-electron chi connectivity index (χ3n) is 2.80. The van der Waals surface area contributed by atoms with E-state index in [-0.39, 0.29) is 11.4 Å². The van der Waals surface area contributed by atoms with Crippen molar-refractivity contribution in [1.82, 2.24) is 0 Å². The lowest BCUT2D eigenvalue weighted by molar-refractivity contribution is -0.386. The average Bonchev–Trinajstić information content (AvgIpc) is 2.39. The molecule has 0 aliphatic rings. The molecular weight excluding hydrogens is 244 g/mol. The quantitative estimate of drug-likeness (QED) is 0.675. The maximum absolute atomic E-state index is 11.1. The summed E-state index contributed by atoms with van der Waals surface area (Å²) in [7, 11) is 0. The topological polar surface area (TPSA) is 78.4 Å². The monoisotopic (exact) mass is 258 g/mol. The van der Waals surface area contributed by atoms with Gasteiger partial charge in [-0.15, -0.1) is 0 Å². The molecule has 0 saturated carbocycles. The molecular formula is C14H14N2O3. The second-order valence-electron chi connectivity index (χ2n) is 4.09. The molecule has 0 radical (unpaired) electrons. The molecule has 0 amide bonds. The zero-order valence-corrected chi connectivity index (χ0v) is 10.5. The Kier molecular flexibility index (Phi) is 3.77. The number of ether oxygens (including phenoxy) is 1. The van der Waals surface area contributed by atoms with E-state index in [1.807, 2.05) is 12.1 Å². The van der Waals surface area contributed by atoms with Crippen molar-refractivity contribution in [3.05, 3.63) is 63.7 Å². The summed E-state index contributed by atoms with van der Waals surface area (Å²) in [4.78, 5) is 10.7. The van der Waals surface area contributed by atoms with Gasteiger partial charge in [-0.05, 0) is 19.1 Å². The maximum atomic E-state index is 11.1. The van der Waals surface area contributed by atoms with Gasteiger partial charge in [-0.2, -0.15) is 0 Å². The van der Waals surface area contributed by atoms with Crippen LogP contribution in [0.15, 0.2) is 42.5 Å². The molecule has 0 fully saturated rings. The van der Waals surface area contributed by atoms with Crippen LogP contribution in [0.2, 0.25) is 0 Å². The number of aryl methyl sites for hydroxylation is 1. The standard InChI is InChI=1S/C14H14N2O3/c1-10-5-4-8-13(14(10)16(17)18)19-12-7-3-2-6-11(12)9-15/h2-8H,9,15H2,1H3. The van der Waals surface area contributed by atoms with Gasteiger partial charge in [0.1, 0.15) is 5.75 Å². The fourth-order valence-electron chi connectivity index (χ4n) is 1.84. The van der Waals surface area contributed by atoms with Gasteiger partial charge in [0, 0.05) is 17.7 Å². The van der Waals surface area contributed by atoms with Crippen LogP contribution in [-0.4, -0.2) is 4.92 Å².